The van der Waals surface area contributed by atoms with Gasteiger partial charge in [0.2, 0.25) is 0 Å². The predicted octanol–water partition coefficient (Wildman–Crippen LogP) is 6.57. The molecule has 1 aliphatic rings. The van der Waals surface area contributed by atoms with Crippen LogP contribution in [0.1, 0.15) is 37.8 Å². The Bertz CT molecular complexity index is 1000. The van der Waals surface area contributed by atoms with Crippen molar-refractivity contribution in [2.24, 2.45) is 0 Å². The Kier molecular flexibility index (Phi) is 6.99. The van der Waals surface area contributed by atoms with Crippen LogP contribution in [0.15, 0.2) is 46.9 Å². The Hall–Kier alpha value is -2.48. The van der Waals surface area contributed by atoms with E-state index in [2.05, 4.69) is 15.9 Å². The number of hydrogen-bond acceptors (Lipinski definition) is 3. The zero-order valence-corrected chi connectivity index (χ0v) is 19.0. The first-order valence-corrected chi connectivity index (χ1v) is 10.7. The molecule has 2 aromatic rings. The molecule has 1 heterocycles. The maximum absolute atomic E-state index is 13.1. The lowest BCUT2D eigenvalue weighted by Crippen LogP contribution is -2.46. The second kappa shape index (κ2) is 9.34. The molecule has 1 aliphatic heterocycles. The van der Waals surface area contributed by atoms with Crippen LogP contribution in [0.5, 0.6) is 17.2 Å². The van der Waals surface area contributed by atoms with Gasteiger partial charge in [-0.25, -0.2) is 0 Å². The molecule has 31 heavy (non-hydrogen) atoms. The van der Waals surface area contributed by atoms with Gasteiger partial charge in [0.05, 0.1) is 7.11 Å². The van der Waals surface area contributed by atoms with Gasteiger partial charge < -0.3 is 14.4 Å². The van der Waals surface area contributed by atoms with Gasteiger partial charge in [-0.2, -0.15) is 13.2 Å². The minimum Gasteiger partial charge on any atom is -0.493 e. The largest absolute Gasteiger partial charge is 0.493 e. The molecule has 8 heteroatoms. The van der Waals surface area contributed by atoms with Gasteiger partial charge in [0.25, 0.3) is 0 Å². The van der Waals surface area contributed by atoms with E-state index < -0.39 is 18.1 Å². The summed E-state index contributed by atoms with van der Waals surface area (Å²) < 4.78 is 51.5. The topological polar surface area (TPSA) is 38.8 Å². The number of ether oxygens (including phenoxy) is 2. The number of para-hydroxylation sites is 1. The normalized spacial score (nSPS) is 15.0. The summed E-state index contributed by atoms with van der Waals surface area (Å²) in [5.74, 6) is -0.0832. The highest BCUT2D eigenvalue weighted by atomic mass is 79.9. The molecule has 0 saturated heterocycles. The molecule has 0 fully saturated rings. The second-order valence-corrected chi connectivity index (χ2v) is 8.00. The van der Waals surface area contributed by atoms with E-state index in [-0.39, 0.29) is 13.0 Å². The number of nitrogens with zero attached hydrogens (tertiary/aromatic N) is 1. The first kappa shape index (κ1) is 23.2. The molecule has 3 rings (SSSR count). The third kappa shape index (κ3) is 4.74. The van der Waals surface area contributed by atoms with Crippen LogP contribution in [0.2, 0.25) is 0 Å². The maximum atomic E-state index is 13.1. The van der Waals surface area contributed by atoms with Gasteiger partial charge in [-0.1, -0.05) is 41.1 Å². The highest BCUT2D eigenvalue weighted by Crippen LogP contribution is 2.48. The Labute approximate surface area is 187 Å². The Morgan fingerprint density at radius 3 is 2.58 bits per heavy atom. The van der Waals surface area contributed by atoms with Crippen molar-refractivity contribution in [1.29, 1.82) is 0 Å². The summed E-state index contributed by atoms with van der Waals surface area (Å²) in [5.41, 5.74) is 2.44. The number of carbonyl (C=O) groups excluding carboxylic acids is 1. The van der Waals surface area contributed by atoms with Gasteiger partial charge in [-0.15, -0.1) is 0 Å². The molecule has 0 radical (unpaired) electrons. The van der Waals surface area contributed by atoms with Crippen molar-refractivity contribution >= 4 is 27.4 Å². The number of methoxy groups -OCH3 is 1. The number of hydrogen-bond donors (Lipinski definition) is 0. The molecule has 0 N–H and O–H groups in total. The number of carbonyl (C=O) groups is 1. The summed E-state index contributed by atoms with van der Waals surface area (Å²) in [6.45, 7) is 3.32. The Morgan fingerprint density at radius 2 is 1.97 bits per heavy atom. The van der Waals surface area contributed by atoms with Crippen LogP contribution < -0.4 is 9.47 Å². The summed E-state index contributed by atoms with van der Waals surface area (Å²) in [6, 6.07) is 10.5. The standard InChI is InChI=1S/C23H23BrF3NO3/c1-4-15(28(5-2)22(29)23(25,26)27)10-12-16-17-11-9-14(24)13-20(17)31-21-18(16)7-6-8-19(21)30-3/h6-9,11-13,15H,4-5,10H2,1-3H3/b16-12+. The van der Waals surface area contributed by atoms with E-state index in [1.54, 1.807) is 27.0 Å². The van der Waals surface area contributed by atoms with E-state index in [1.807, 2.05) is 36.4 Å². The number of fused-ring (bicyclic) bond motifs is 2. The van der Waals surface area contributed by atoms with E-state index in [0.29, 0.717) is 23.7 Å². The first-order valence-electron chi connectivity index (χ1n) is 9.94. The molecule has 1 unspecified atom stereocenters. The fourth-order valence-electron chi connectivity index (χ4n) is 3.77. The maximum Gasteiger partial charge on any atom is 0.471 e. The van der Waals surface area contributed by atoms with Gasteiger partial charge in [0.15, 0.2) is 11.5 Å². The number of rotatable bonds is 6. The van der Waals surface area contributed by atoms with Crippen molar-refractivity contribution in [1.82, 2.24) is 4.90 Å². The van der Waals surface area contributed by atoms with Crippen LogP contribution in [0.25, 0.3) is 5.57 Å². The molecule has 166 valence electrons. The quantitative estimate of drug-likeness (QED) is 0.386. The lowest BCUT2D eigenvalue weighted by atomic mass is 9.91. The van der Waals surface area contributed by atoms with Gasteiger partial charge >= 0.3 is 12.1 Å². The highest BCUT2D eigenvalue weighted by molar-refractivity contribution is 9.10. The fraction of sp³-hybridized carbons (Fsp3) is 0.348. The molecule has 0 aliphatic carbocycles. The third-order valence-electron chi connectivity index (χ3n) is 5.28. The lowest BCUT2D eigenvalue weighted by Gasteiger charge is -2.31. The van der Waals surface area contributed by atoms with Crippen LogP contribution in [-0.2, 0) is 4.79 Å². The van der Waals surface area contributed by atoms with Gasteiger partial charge in [0.1, 0.15) is 5.75 Å². The van der Waals surface area contributed by atoms with Gasteiger partial charge in [-0.05, 0) is 49.6 Å². The summed E-state index contributed by atoms with van der Waals surface area (Å²) >= 11 is 3.44. The SMILES string of the molecule is CCC(C/C=C1\c2ccc(Br)cc2Oc2c(OC)cccc21)N(CC)C(=O)C(F)(F)F. The summed E-state index contributed by atoms with van der Waals surface area (Å²) in [6.07, 6.45) is -2.34. The molecule has 0 spiro atoms. The molecular formula is C23H23BrF3NO3. The van der Waals surface area contributed by atoms with Crippen molar-refractivity contribution in [3.8, 4) is 17.2 Å². The second-order valence-electron chi connectivity index (χ2n) is 7.08. The van der Waals surface area contributed by atoms with E-state index in [4.69, 9.17) is 9.47 Å². The molecule has 0 bridgehead atoms. The van der Waals surface area contributed by atoms with Crippen molar-refractivity contribution in [3.05, 3.63) is 58.1 Å². The number of alkyl halides is 3. The zero-order valence-electron chi connectivity index (χ0n) is 17.4. The summed E-state index contributed by atoms with van der Waals surface area (Å²) in [5, 5.41) is 0. The molecule has 0 aromatic heterocycles. The number of benzene rings is 2. The fourth-order valence-corrected chi connectivity index (χ4v) is 4.11. The number of halogens is 4. The smallest absolute Gasteiger partial charge is 0.471 e. The average molecular weight is 498 g/mol. The summed E-state index contributed by atoms with van der Waals surface area (Å²) in [4.78, 5) is 12.8. The first-order chi connectivity index (χ1) is 14.7. The minimum atomic E-state index is -4.89. The van der Waals surface area contributed by atoms with E-state index in [1.165, 1.54) is 0 Å². The van der Waals surface area contributed by atoms with Crippen LogP contribution >= 0.6 is 15.9 Å². The van der Waals surface area contributed by atoms with Crippen LogP contribution in [-0.4, -0.2) is 36.7 Å². The van der Waals surface area contributed by atoms with Crippen LogP contribution in [0, 0.1) is 0 Å². The molecule has 4 nitrogen and oxygen atoms in total. The van der Waals surface area contributed by atoms with Crippen molar-refractivity contribution in [2.75, 3.05) is 13.7 Å². The minimum absolute atomic E-state index is 0.0168. The molecular weight excluding hydrogens is 475 g/mol. The highest BCUT2D eigenvalue weighted by Gasteiger charge is 2.43. The van der Waals surface area contributed by atoms with Gasteiger partial charge in [0, 0.05) is 28.2 Å². The van der Waals surface area contributed by atoms with Crippen LogP contribution in [0.4, 0.5) is 13.2 Å². The Morgan fingerprint density at radius 1 is 1.23 bits per heavy atom. The van der Waals surface area contributed by atoms with Gasteiger partial charge in [-0.3, -0.25) is 4.79 Å². The Balaban J connectivity index is 2.04. The molecule has 2 aromatic carbocycles. The lowest BCUT2D eigenvalue weighted by molar-refractivity contribution is -0.187. The monoisotopic (exact) mass is 497 g/mol. The van der Waals surface area contributed by atoms with E-state index in [9.17, 15) is 18.0 Å². The molecule has 1 amide bonds. The third-order valence-corrected chi connectivity index (χ3v) is 5.78. The number of amides is 1. The average Bonchev–Trinajstić information content (AvgIpc) is 2.74. The van der Waals surface area contributed by atoms with Crippen molar-refractivity contribution in [3.63, 3.8) is 0 Å². The predicted molar refractivity (Wildman–Crippen MR) is 116 cm³/mol. The summed E-state index contributed by atoms with van der Waals surface area (Å²) in [7, 11) is 1.55. The molecule has 0 saturated carbocycles. The molecule has 1 atom stereocenters. The van der Waals surface area contributed by atoms with Crippen molar-refractivity contribution in [2.45, 2.75) is 38.9 Å². The van der Waals surface area contributed by atoms with E-state index in [0.717, 1.165) is 26.1 Å². The van der Waals surface area contributed by atoms with E-state index >= 15 is 0 Å². The zero-order chi connectivity index (χ0) is 22.8. The van der Waals surface area contributed by atoms with Crippen molar-refractivity contribution < 1.29 is 27.4 Å². The van der Waals surface area contributed by atoms with Crippen LogP contribution in [0.3, 0.4) is 0 Å².